The summed E-state index contributed by atoms with van der Waals surface area (Å²) in [6.07, 6.45) is 0. The molecule has 7 nitrogen and oxygen atoms in total. The topological polar surface area (TPSA) is 96.9 Å². The van der Waals surface area contributed by atoms with Crippen LogP contribution in [0.3, 0.4) is 0 Å². The van der Waals surface area contributed by atoms with Crippen LogP contribution in [0.1, 0.15) is 12.5 Å². The van der Waals surface area contributed by atoms with E-state index in [1.54, 1.807) is 19.1 Å². The molecule has 0 spiro atoms. The molecule has 0 saturated heterocycles. The van der Waals surface area contributed by atoms with Crippen molar-refractivity contribution in [1.82, 2.24) is 5.32 Å². The molecule has 2 N–H and O–H groups in total. The first kappa shape index (κ1) is 13.3. The molecule has 0 radical (unpaired) electrons. The van der Waals surface area contributed by atoms with Crippen molar-refractivity contribution in [1.29, 1.82) is 0 Å². The summed E-state index contributed by atoms with van der Waals surface area (Å²) in [4.78, 5) is 11.2. The zero-order valence-electron chi connectivity index (χ0n) is 10.4. The second-order valence-electron chi connectivity index (χ2n) is 3.72. The van der Waals surface area contributed by atoms with E-state index in [1.165, 1.54) is 13.1 Å². The number of amides is 2. The Bertz CT molecular complexity index is 652. The van der Waals surface area contributed by atoms with Gasteiger partial charge in [0.05, 0.1) is 12.2 Å². The number of sulfonamides is 1. The van der Waals surface area contributed by atoms with Crippen molar-refractivity contribution >= 4 is 27.6 Å². The molecule has 1 aliphatic heterocycles. The minimum Gasteiger partial charge on any atom is -0.477 e. The Labute approximate surface area is 110 Å². The maximum atomic E-state index is 11.8. The van der Waals surface area contributed by atoms with Gasteiger partial charge in [0.2, 0.25) is 5.90 Å². The molecule has 1 aliphatic rings. The van der Waals surface area contributed by atoms with Crippen LogP contribution >= 0.6 is 0 Å². The van der Waals surface area contributed by atoms with E-state index in [0.29, 0.717) is 17.9 Å². The fourth-order valence-corrected chi connectivity index (χ4v) is 2.81. The molecule has 8 heteroatoms. The minimum absolute atomic E-state index is 0.0323. The number of carbonyl (C=O) groups is 1. The molecule has 0 aromatic heterocycles. The average Bonchev–Trinajstić information content (AvgIpc) is 2.61. The third-order valence-corrected chi connectivity index (χ3v) is 3.76. The van der Waals surface area contributed by atoms with Crippen LogP contribution in [-0.4, -0.2) is 34.0 Å². The summed E-state index contributed by atoms with van der Waals surface area (Å²) in [6.45, 7) is 2.07. The number of hydrogen-bond donors (Lipinski definition) is 2. The van der Waals surface area contributed by atoms with Crippen LogP contribution < -0.4 is 10.6 Å². The second-order valence-corrected chi connectivity index (χ2v) is 5.29. The summed E-state index contributed by atoms with van der Waals surface area (Å²) >= 11 is 0. The van der Waals surface area contributed by atoms with Crippen molar-refractivity contribution in [3.05, 3.63) is 23.8 Å². The Hall–Kier alpha value is -2.09. The molecular formula is C11H13N3O4S. The van der Waals surface area contributed by atoms with E-state index in [2.05, 4.69) is 15.0 Å². The van der Waals surface area contributed by atoms with Gasteiger partial charge in [-0.05, 0) is 25.1 Å². The molecule has 0 unspecified atom stereocenters. The van der Waals surface area contributed by atoms with Gasteiger partial charge in [-0.1, -0.05) is 0 Å². The fraction of sp³-hybridized carbons (Fsp3) is 0.273. The smallest absolute Gasteiger partial charge is 0.318 e. The maximum Gasteiger partial charge on any atom is 0.318 e. The number of hydrogen-bond acceptors (Lipinski definition) is 4. The number of urea groups is 1. The molecule has 0 atom stereocenters. The van der Waals surface area contributed by atoms with Crippen molar-refractivity contribution in [2.75, 3.05) is 19.0 Å². The molecule has 1 aromatic carbocycles. The Morgan fingerprint density at radius 3 is 2.79 bits per heavy atom. The molecular weight excluding hydrogens is 270 g/mol. The summed E-state index contributed by atoms with van der Waals surface area (Å²) in [5.74, 6) is 0.0870. The van der Waals surface area contributed by atoms with Crippen molar-refractivity contribution in [2.45, 2.75) is 11.8 Å². The summed E-state index contributed by atoms with van der Waals surface area (Å²) in [6, 6.07) is 4.07. The molecule has 0 bridgehead atoms. The monoisotopic (exact) mass is 283 g/mol. The van der Waals surface area contributed by atoms with Crippen molar-refractivity contribution < 1.29 is 17.9 Å². The van der Waals surface area contributed by atoms with Gasteiger partial charge in [-0.25, -0.2) is 4.79 Å². The Balaban J connectivity index is 2.40. The molecule has 0 saturated carbocycles. The van der Waals surface area contributed by atoms with Gasteiger partial charge in [-0.2, -0.15) is 8.42 Å². The number of ether oxygens (including phenoxy) is 1. The van der Waals surface area contributed by atoms with Crippen LogP contribution in [0.15, 0.2) is 27.5 Å². The molecule has 1 heterocycles. The van der Waals surface area contributed by atoms with Crippen LogP contribution in [0.4, 0.5) is 10.5 Å². The van der Waals surface area contributed by atoms with Crippen molar-refractivity contribution in [2.24, 2.45) is 4.40 Å². The third-order valence-electron chi connectivity index (χ3n) is 2.46. The molecule has 19 heavy (non-hydrogen) atoms. The predicted octanol–water partition coefficient (Wildman–Crippen LogP) is 0.923. The van der Waals surface area contributed by atoms with Crippen molar-refractivity contribution in [3.63, 3.8) is 0 Å². The Morgan fingerprint density at radius 1 is 1.42 bits per heavy atom. The number of nitrogens with zero attached hydrogens (tertiary/aromatic N) is 1. The summed E-state index contributed by atoms with van der Waals surface area (Å²) in [5.41, 5.74) is 0.777. The maximum absolute atomic E-state index is 11.8. The van der Waals surface area contributed by atoms with Crippen molar-refractivity contribution in [3.8, 4) is 0 Å². The van der Waals surface area contributed by atoms with E-state index in [-0.39, 0.29) is 10.8 Å². The SMILES string of the molecule is CCOC1=NS(=O)(=O)c2cc(NC(=O)NC)ccc21. The predicted molar refractivity (Wildman–Crippen MR) is 69.9 cm³/mol. The average molecular weight is 283 g/mol. The fourth-order valence-electron chi connectivity index (χ4n) is 1.63. The number of anilines is 1. The number of benzene rings is 1. The normalized spacial score (nSPS) is 15.4. The third kappa shape index (κ3) is 2.53. The summed E-state index contributed by atoms with van der Waals surface area (Å²) in [5, 5.41) is 4.88. The Morgan fingerprint density at radius 2 is 2.16 bits per heavy atom. The molecule has 102 valence electrons. The lowest BCUT2D eigenvalue weighted by molar-refractivity contribution is 0.254. The highest BCUT2D eigenvalue weighted by Gasteiger charge is 2.30. The lowest BCUT2D eigenvalue weighted by Crippen LogP contribution is -2.24. The first-order chi connectivity index (χ1) is 8.97. The van der Waals surface area contributed by atoms with Crippen LogP contribution in [-0.2, 0) is 14.8 Å². The number of rotatable bonds is 2. The van der Waals surface area contributed by atoms with Gasteiger partial charge in [-0.15, -0.1) is 4.40 Å². The first-order valence-corrected chi connectivity index (χ1v) is 7.03. The Kier molecular flexibility index (Phi) is 3.43. The van der Waals surface area contributed by atoms with E-state index < -0.39 is 16.1 Å². The lowest BCUT2D eigenvalue weighted by Gasteiger charge is -2.07. The second kappa shape index (κ2) is 4.88. The van der Waals surface area contributed by atoms with Gasteiger partial charge in [0.25, 0.3) is 10.0 Å². The van der Waals surface area contributed by atoms with E-state index in [1.807, 2.05) is 0 Å². The van der Waals surface area contributed by atoms with Gasteiger partial charge >= 0.3 is 6.03 Å². The van der Waals surface area contributed by atoms with E-state index in [0.717, 1.165) is 0 Å². The number of nitrogens with one attached hydrogen (secondary N) is 2. The van der Waals surface area contributed by atoms with Crippen LogP contribution in [0, 0.1) is 0 Å². The molecule has 2 amide bonds. The highest BCUT2D eigenvalue weighted by atomic mass is 32.2. The van der Waals surface area contributed by atoms with Gasteiger partial charge in [-0.3, -0.25) is 0 Å². The summed E-state index contributed by atoms with van der Waals surface area (Å²) in [7, 11) is -2.28. The van der Waals surface area contributed by atoms with Gasteiger partial charge in [0.1, 0.15) is 4.90 Å². The largest absolute Gasteiger partial charge is 0.477 e. The van der Waals surface area contributed by atoms with Crippen LogP contribution in [0.5, 0.6) is 0 Å². The molecule has 0 fully saturated rings. The van der Waals surface area contributed by atoms with Crippen LogP contribution in [0.25, 0.3) is 0 Å². The lowest BCUT2D eigenvalue weighted by atomic mass is 10.2. The highest BCUT2D eigenvalue weighted by molar-refractivity contribution is 7.90. The van der Waals surface area contributed by atoms with Gasteiger partial charge < -0.3 is 15.4 Å². The van der Waals surface area contributed by atoms with E-state index in [9.17, 15) is 13.2 Å². The van der Waals surface area contributed by atoms with Gasteiger partial charge in [0, 0.05) is 12.7 Å². The zero-order chi connectivity index (χ0) is 14.0. The molecule has 2 rings (SSSR count). The standard InChI is InChI=1S/C11H13N3O4S/c1-3-18-10-8-5-4-7(13-11(15)12-2)6-9(8)19(16,17)14-10/h4-6H,3H2,1-2H3,(H2,12,13,15). The quantitative estimate of drug-likeness (QED) is 0.843. The van der Waals surface area contributed by atoms with E-state index in [4.69, 9.17) is 4.74 Å². The molecule has 1 aromatic rings. The molecule has 0 aliphatic carbocycles. The van der Waals surface area contributed by atoms with Crippen LogP contribution in [0.2, 0.25) is 0 Å². The van der Waals surface area contributed by atoms with Gasteiger partial charge in [0.15, 0.2) is 0 Å². The number of fused-ring (bicyclic) bond motifs is 1. The summed E-state index contributed by atoms with van der Waals surface area (Å²) < 4.78 is 32.4. The highest BCUT2D eigenvalue weighted by Crippen LogP contribution is 2.29. The zero-order valence-corrected chi connectivity index (χ0v) is 11.2. The minimum atomic E-state index is -3.75. The number of carbonyl (C=O) groups excluding carboxylic acids is 1. The van der Waals surface area contributed by atoms with E-state index >= 15 is 0 Å². The first-order valence-electron chi connectivity index (χ1n) is 5.59.